The summed E-state index contributed by atoms with van der Waals surface area (Å²) in [4.78, 5) is 23.9. The number of nitrogens with zero attached hydrogens (tertiary/aromatic N) is 3. The Labute approximate surface area is 150 Å². The first-order chi connectivity index (χ1) is 12.5. The number of rotatable bonds is 5. The normalized spacial score (nSPS) is 10.6. The Morgan fingerprint density at radius 3 is 2.54 bits per heavy atom. The number of anilines is 1. The highest BCUT2D eigenvalue weighted by molar-refractivity contribution is 5.95. The number of carbonyl (C=O) groups excluding carboxylic acids is 2. The fourth-order valence-electron chi connectivity index (χ4n) is 2.51. The summed E-state index contributed by atoms with van der Waals surface area (Å²) in [6.07, 6.45) is 1.43. The lowest BCUT2D eigenvalue weighted by Crippen LogP contribution is -2.21. The molecule has 0 radical (unpaired) electrons. The van der Waals surface area contributed by atoms with Crippen molar-refractivity contribution >= 4 is 17.6 Å². The van der Waals surface area contributed by atoms with Gasteiger partial charge >= 0.3 is 5.97 Å². The number of ether oxygens (including phenoxy) is 1. The molecule has 0 aliphatic rings. The molecule has 0 aliphatic carbocycles. The summed E-state index contributed by atoms with van der Waals surface area (Å²) in [5.41, 5.74) is 4.33. The van der Waals surface area contributed by atoms with Crippen molar-refractivity contribution in [3.63, 3.8) is 0 Å². The number of nitrogens with one attached hydrogen (secondary N) is 2. The molecule has 8 nitrogen and oxygen atoms in total. The van der Waals surface area contributed by atoms with Crippen LogP contribution in [0, 0.1) is 20.8 Å². The van der Waals surface area contributed by atoms with E-state index in [1.807, 2.05) is 45.0 Å². The van der Waals surface area contributed by atoms with Crippen LogP contribution >= 0.6 is 0 Å². The summed E-state index contributed by atoms with van der Waals surface area (Å²) in [6, 6.07) is 9.40. The second kappa shape index (κ2) is 7.22. The fourth-order valence-corrected chi connectivity index (χ4v) is 2.51. The van der Waals surface area contributed by atoms with Crippen LogP contribution in [0.4, 0.5) is 5.69 Å². The van der Waals surface area contributed by atoms with E-state index in [2.05, 4.69) is 20.6 Å². The molecule has 134 valence electrons. The topological polar surface area (TPSA) is 102 Å². The largest absolute Gasteiger partial charge is 0.451 e. The van der Waals surface area contributed by atoms with Crippen molar-refractivity contribution in [2.45, 2.75) is 20.8 Å². The minimum atomic E-state index is -0.638. The maximum atomic E-state index is 12.1. The van der Waals surface area contributed by atoms with E-state index in [0.717, 1.165) is 16.9 Å². The maximum absolute atomic E-state index is 12.1. The van der Waals surface area contributed by atoms with E-state index in [1.54, 1.807) is 4.68 Å². The second-order valence-electron chi connectivity index (χ2n) is 5.89. The lowest BCUT2D eigenvalue weighted by Gasteiger charge is -2.08. The Balaban J connectivity index is 1.68. The number of aromatic nitrogens is 4. The minimum Gasteiger partial charge on any atom is -0.451 e. The molecule has 2 heterocycles. The average Bonchev–Trinajstić information content (AvgIpc) is 3.25. The number of carbonyl (C=O) groups is 2. The molecular weight excluding hydrogens is 334 g/mol. The first-order valence-corrected chi connectivity index (χ1v) is 8.05. The molecule has 0 unspecified atom stereocenters. The zero-order chi connectivity index (χ0) is 18.7. The molecular formula is C18H19N5O3. The van der Waals surface area contributed by atoms with Gasteiger partial charge in [0, 0.05) is 6.20 Å². The third-order valence-corrected chi connectivity index (χ3v) is 3.89. The highest BCUT2D eigenvalue weighted by Crippen LogP contribution is 2.23. The predicted octanol–water partition coefficient (Wildman–Crippen LogP) is 2.32. The molecule has 0 aliphatic heterocycles. The predicted molar refractivity (Wildman–Crippen MR) is 95.3 cm³/mol. The molecule has 26 heavy (non-hydrogen) atoms. The number of aromatic amines is 1. The zero-order valence-corrected chi connectivity index (χ0v) is 14.7. The number of aryl methyl sites for hydroxylation is 2. The van der Waals surface area contributed by atoms with Crippen molar-refractivity contribution in [2.75, 3.05) is 11.9 Å². The summed E-state index contributed by atoms with van der Waals surface area (Å²) >= 11 is 0. The van der Waals surface area contributed by atoms with E-state index in [4.69, 9.17) is 4.74 Å². The smallest absolute Gasteiger partial charge is 0.356 e. The number of hydrogen-bond acceptors (Lipinski definition) is 5. The molecule has 0 bridgehead atoms. The van der Waals surface area contributed by atoms with Gasteiger partial charge in [-0.1, -0.05) is 17.7 Å². The van der Waals surface area contributed by atoms with E-state index >= 15 is 0 Å². The average molecular weight is 353 g/mol. The molecule has 0 saturated heterocycles. The van der Waals surface area contributed by atoms with Crippen LogP contribution in [0.5, 0.6) is 0 Å². The molecule has 0 fully saturated rings. The van der Waals surface area contributed by atoms with E-state index in [0.29, 0.717) is 11.4 Å². The van der Waals surface area contributed by atoms with Crippen LogP contribution in [0.3, 0.4) is 0 Å². The third kappa shape index (κ3) is 3.64. The van der Waals surface area contributed by atoms with Crippen molar-refractivity contribution in [3.05, 3.63) is 59.2 Å². The van der Waals surface area contributed by atoms with Gasteiger partial charge in [0.1, 0.15) is 5.69 Å². The van der Waals surface area contributed by atoms with Gasteiger partial charge in [-0.05, 0) is 39.0 Å². The van der Waals surface area contributed by atoms with Gasteiger partial charge in [-0.2, -0.15) is 10.2 Å². The van der Waals surface area contributed by atoms with Crippen molar-refractivity contribution in [3.8, 4) is 5.69 Å². The van der Waals surface area contributed by atoms with E-state index < -0.39 is 18.5 Å². The molecule has 1 amide bonds. The Kier molecular flexibility index (Phi) is 4.83. The third-order valence-electron chi connectivity index (χ3n) is 3.89. The lowest BCUT2D eigenvalue weighted by molar-refractivity contribution is -0.119. The second-order valence-corrected chi connectivity index (χ2v) is 5.89. The SMILES string of the molecule is Cc1ccc(-n2nc(C)c(NC(=O)COC(=O)c3ccn[nH]3)c2C)cc1. The van der Waals surface area contributed by atoms with Crippen molar-refractivity contribution < 1.29 is 14.3 Å². The Hall–Kier alpha value is -3.42. The van der Waals surface area contributed by atoms with Crippen LogP contribution in [0.2, 0.25) is 0 Å². The summed E-state index contributed by atoms with van der Waals surface area (Å²) in [7, 11) is 0. The van der Waals surface area contributed by atoms with Crippen LogP contribution in [0.15, 0.2) is 36.5 Å². The highest BCUT2D eigenvalue weighted by atomic mass is 16.5. The van der Waals surface area contributed by atoms with Crippen molar-refractivity contribution in [2.24, 2.45) is 0 Å². The number of hydrogen-bond donors (Lipinski definition) is 2. The Morgan fingerprint density at radius 2 is 1.88 bits per heavy atom. The van der Waals surface area contributed by atoms with Gasteiger partial charge in [-0.25, -0.2) is 9.48 Å². The first kappa shape index (κ1) is 17.4. The zero-order valence-electron chi connectivity index (χ0n) is 14.7. The van der Waals surface area contributed by atoms with Gasteiger partial charge < -0.3 is 10.1 Å². The van der Waals surface area contributed by atoms with E-state index in [9.17, 15) is 9.59 Å². The standard InChI is InChI=1S/C18H19N5O3/c1-11-4-6-14(7-5-11)23-13(3)17(12(2)22-23)20-16(24)10-26-18(25)15-8-9-19-21-15/h4-9H,10H2,1-3H3,(H,19,21)(H,20,24). The van der Waals surface area contributed by atoms with Crippen LogP contribution in [-0.2, 0) is 9.53 Å². The van der Waals surface area contributed by atoms with E-state index in [1.165, 1.54) is 12.3 Å². The van der Waals surface area contributed by atoms with Gasteiger partial charge in [-0.15, -0.1) is 0 Å². The quantitative estimate of drug-likeness (QED) is 0.685. The van der Waals surface area contributed by atoms with Gasteiger partial charge in [-0.3, -0.25) is 9.89 Å². The minimum absolute atomic E-state index is 0.192. The van der Waals surface area contributed by atoms with Crippen LogP contribution in [0.25, 0.3) is 5.69 Å². The molecule has 2 aromatic heterocycles. The number of benzene rings is 1. The van der Waals surface area contributed by atoms with Crippen LogP contribution in [-0.4, -0.2) is 38.5 Å². The number of amides is 1. The summed E-state index contributed by atoms with van der Waals surface area (Å²) in [5, 5.41) is 13.4. The van der Waals surface area contributed by atoms with Gasteiger partial charge in [0.15, 0.2) is 6.61 Å². The van der Waals surface area contributed by atoms with Crippen LogP contribution in [0.1, 0.15) is 27.4 Å². The fraction of sp³-hybridized carbons (Fsp3) is 0.222. The molecule has 0 saturated carbocycles. The molecule has 1 aromatic carbocycles. The highest BCUT2D eigenvalue weighted by Gasteiger charge is 2.17. The van der Waals surface area contributed by atoms with Crippen molar-refractivity contribution in [1.29, 1.82) is 0 Å². The number of H-pyrrole nitrogens is 1. The maximum Gasteiger partial charge on any atom is 0.356 e. The molecule has 2 N–H and O–H groups in total. The first-order valence-electron chi connectivity index (χ1n) is 8.05. The van der Waals surface area contributed by atoms with Crippen molar-refractivity contribution in [1.82, 2.24) is 20.0 Å². The molecule has 3 rings (SSSR count). The summed E-state index contributed by atoms with van der Waals surface area (Å²) in [6.45, 7) is 5.30. The molecule has 8 heteroatoms. The lowest BCUT2D eigenvalue weighted by atomic mass is 10.2. The van der Waals surface area contributed by atoms with E-state index in [-0.39, 0.29) is 5.69 Å². The van der Waals surface area contributed by atoms with Gasteiger partial charge in [0.2, 0.25) is 0 Å². The van der Waals surface area contributed by atoms with Gasteiger partial charge in [0.05, 0.1) is 22.8 Å². The van der Waals surface area contributed by atoms with Crippen LogP contribution < -0.4 is 5.32 Å². The molecule has 3 aromatic rings. The molecule has 0 spiro atoms. The molecule has 0 atom stereocenters. The summed E-state index contributed by atoms with van der Waals surface area (Å²) < 4.78 is 6.72. The Morgan fingerprint density at radius 1 is 1.15 bits per heavy atom. The number of esters is 1. The Bertz CT molecular complexity index is 927. The summed E-state index contributed by atoms with van der Waals surface area (Å²) in [5.74, 6) is -1.08. The van der Waals surface area contributed by atoms with Gasteiger partial charge in [0.25, 0.3) is 5.91 Å². The monoisotopic (exact) mass is 353 g/mol.